The second-order valence-electron chi connectivity index (χ2n) is 6.76. The normalized spacial score (nSPS) is 13.6. The van der Waals surface area contributed by atoms with Gasteiger partial charge in [-0.1, -0.05) is 6.42 Å². The highest BCUT2D eigenvalue weighted by atomic mass is 16.2. The van der Waals surface area contributed by atoms with Crippen LogP contribution >= 0.6 is 0 Å². The van der Waals surface area contributed by atoms with E-state index in [9.17, 15) is 14.4 Å². The van der Waals surface area contributed by atoms with Crippen LogP contribution in [0.2, 0.25) is 0 Å². The molecule has 2 aromatic heterocycles. The Morgan fingerprint density at radius 2 is 1.86 bits per heavy atom. The highest BCUT2D eigenvalue weighted by molar-refractivity contribution is 5.90. The van der Waals surface area contributed by atoms with Crippen LogP contribution in [0.25, 0.3) is 11.4 Å². The minimum absolute atomic E-state index is 0.269. The molecule has 1 amide bonds. The lowest BCUT2D eigenvalue weighted by atomic mass is 10.2. The third-order valence-corrected chi connectivity index (χ3v) is 4.73. The van der Waals surface area contributed by atoms with Gasteiger partial charge in [0, 0.05) is 36.3 Å². The Balaban J connectivity index is 1.47. The van der Waals surface area contributed by atoms with Crippen LogP contribution in [0, 0.1) is 0 Å². The fourth-order valence-electron chi connectivity index (χ4n) is 3.33. The molecule has 0 atom stereocenters. The molecule has 0 aliphatic carbocycles. The molecule has 0 radical (unpaired) electrons. The molecule has 0 saturated heterocycles. The maximum Gasteiger partial charge on any atom is 0.265 e. The van der Waals surface area contributed by atoms with Gasteiger partial charge in [-0.05, 0) is 37.1 Å². The summed E-state index contributed by atoms with van der Waals surface area (Å²) in [7, 11) is 0. The first-order chi connectivity index (χ1) is 13.6. The molecule has 9 nitrogen and oxygen atoms in total. The van der Waals surface area contributed by atoms with Crippen molar-refractivity contribution >= 4 is 11.6 Å². The highest BCUT2D eigenvalue weighted by Gasteiger charge is 2.16. The average Bonchev–Trinajstić information content (AvgIpc) is 2.93. The first-order valence-corrected chi connectivity index (χ1v) is 9.23. The molecule has 28 heavy (non-hydrogen) atoms. The topological polar surface area (TPSA) is 115 Å². The maximum absolute atomic E-state index is 12.2. The van der Waals surface area contributed by atoms with Gasteiger partial charge in [-0.15, -0.1) is 10.2 Å². The van der Waals surface area contributed by atoms with Crippen LogP contribution in [-0.2, 0) is 24.3 Å². The molecule has 1 aliphatic heterocycles. The second kappa shape index (κ2) is 7.63. The van der Waals surface area contributed by atoms with Crippen molar-refractivity contribution in [3.63, 3.8) is 0 Å². The van der Waals surface area contributed by atoms with Gasteiger partial charge in [0.05, 0.1) is 0 Å². The molecule has 3 aromatic rings. The SMILES string of the molecule is O=C(Cn1[nH]c(=O)ccc1=O)Nc1ccc(-c2nnc3n2CCCCC3)cc1. The van der Waals surface area contributed by atoms with E-state index < -0.39 is 17.0 Å². The number of benzene rings is 1. The summed E-state index contributed by atoms with van der Waals surface area (Å²) < 4.78 is 3.14. The molecule has 1 aromatic carbocycles. The molecule has 1 aliphatic rings. The van der Waals surface area contributed by atoms with Crippen LogP contribution in [0.15, 0.2) is 46.0 Å². The Morgan fingerprint density at radius 3 is 2.68 bits per heavy atom. The number of H-pyrrole nitrogens is 1. The zero-order chi connectivity index (χ0) is 19.5. The molecule has 0 saturated carbocycles. The molecule has 4 rings (SSSR count). The quantitative estimate of drug-likeness (QED) is 0.705. The van der Waals surface area contributed by atoms with E-state index in [-0.39, 0.29) is 6.54 Å². The first kappa shape index (κ1) is 17.9. The molecule has 2 N–H and O–H groups in total. The monoisotopic (exact) mass is 380 g/mol. The lowest BCUT2D eigenvalue weighted by Gasteiger charge is -2.09. The fourth-order valence-corrected chi connectivity index (χ4v) is 3.33. The van der Waals surface area contributed by atoms with Crippen LogP contribution < -0.4 is 16.4 Å². The molecule has 0 bridgehead atoms. The number of amides is 1. The minimum atomic E-state index is -0.447. The number of aromatic nitrogens is 5. The van der Waals surface area contributed by atoms with Gasteiger partial charge < -0.3 is 9.88 Å². The van der Waals surface area contributed by atoms with Crippen molar-refractivity contribution in [2.45, 2.75) is 38.8 Å². The molecule has 9 heteroatoms. The third kappa shape index (κ3) is 3.78. The Morgan fingerprint density at radius 1 is 1.04 bits per heavy atom. The zero-order valence-corrected chi connectivity index (χ0v) is 15.2. The molecular weight excluding hydrogens is 360 g/mol. The predicted molar refractivity (Wildman–Crippen MR) is 103 cm³/mol. The smallest absolute Gasteiger partial charge is 0.265 e. The Labute approximate surface area is 160 Å². The van der Waals surface area contributed by atoms with E-state index in [0.29, 0.717) is 5.69 Å². The van der Waals surface area contributed by atoms with E-state index in [1.807, 2.05) is 12.1 Å². The Bertz CT molecular complexity index is 1110. The zero-order valence-electron chi connectivity index (χ0n) is 15.2. The van der Waals surface area contributed by atoms with Crippen LogP contribution in [-0.4, -0.2) is 30.5 Å². The molecule has 3 heterocycles. The largest absolute Gasteiger partial charge is 0.324 e. The Kier molecular flexibility index (Phi) is 4.88. The van der Waals surface area contributed by atoms with Crippen molar-refractivity contribution < 1.29 is 4.79 Å². The van der Waals surface area contributed by atoms with Gasteiger partial charge >= 0.3 is 0 Å². The van der Waals surface area contributed by atoms with Crippen LogP contribution in [0.3, 0.4) is 0 Å². The number of rotatable bonds is 4. The van der Waals surface area contributed by atoms with E-state index in [1.165, 1.54) is 6.42 Å². The minimum Gasteiger partial charge on any atom is -0.324 e. The number of hydrogen-bond donors (Lipinski definition) is 2. The van der Waals surface area contributed by atoms with Crippen molar-refractivity contribution in [1.29, 1.82) is 0 Å². The molecule has 0 fully saturated rings. The fraction of sp³-hybridized carbons (Fsp3) is 0.316. The van der Waals surface area contributed by atoms with Crippen molar-refractivity contribution in [2.75, 3.05) is 5.32 Å². The van der Waals surface area contributed by atoms with E-state index in [1.54, 1.807) is 12.1 Å². The molecular formula is C19H20N6O3. The van der Waals surface area contributed by atoms with Crippen LogP contribution in [0.4, 0.5) is 5.69 Å². The summed E-state index contributed by atoms with van der Waals surface area (Å²) in [6.07, 6.45) is 4.40. The van der Waals surface area contributed by atoms with Gasteiger partial charge in [-0.2, -0.15) is 0 Å². The summed E-state index contributed by atoms with van der Waals surface area (Å²) in [5.41, 5.74) is 0.639. The van der Waals surface area contributed by atoms with Crippen molar-refractivity contribution in [2.24, 2.45) is 0 Å². The van der Waals surface area contributed by atoms with Gasteiger partial charge in [0.25, 0.3) is 11.1 Å². The van der Waals surface area contributed by atoms with Gasteiger partial charge in [0.1, 0.15) is 12.4 Å². The van der Waals surface area contributed by atoms with Crippen molar-refractivity contribution in [3.8, 4) is 11.4 Å². The number of nitrogens with one attached hydrogen (secondary N) is 2. The van der Waals surface area contributed by atoms with Gasteiger partial charge in [-0.3, -0.25) is 19.5 Å². The number of nitrogens with zero attached hydrogens (tertiary/aromatic N) is 4. The summed E-state index contributed by atoms with van der Waals surface area (Å²) in [6.45, 7) is 0.647. The van der Waals surface area contributed by atoms with Gasteiger partial charge in [-0.25, -0.2) is 4.68 Å². The molecule has 0 unspecified atom stereocenters. The molecule has 144 valence electrons. The van der Waals surface area contributed by atoms with E-state index in [0.717, 1.165) is 59.8 Å². The number of aryl methyl sites for hydroxylation is 1. The first-order valence-electron chi connectivity index (χ1n) is 9.23. The number of fused-ring (bicyclic) bond motifs is 1. The maximum atomic E-state index is 12.2. The third-order valence-electron chi connectivity index (χ3n) is 4.73. The standard InChI is InChI=1S/C19H20N6O3/c26-16-9-10-18(28)25(23-16)12-17(27)20-14-7-5-13(6-8-14)19-22-21-15-4-2-1-3-11-24(15)19/h5-10H,1-4,11-12H2,(H,20,27)(H,23,26). The summed E-state index contributed by atoms with van der Waals surface area (Å²) in [6, 6.07) is 9.58. The lowest BCUT2D eigenvalue weighted by molar-refractivity contribution is -0.117. The molecule has 0 spiro atoms. The van der Waals surface area contributed by atoms with Gasteiger partial charge in [0.2, 0.25) is 5.91 Å². The van der Waals surface area contributed by atoms with E-state index in [2.05, 4.69) is 25.2 Å². The number of carbonyl (C=O) groups is 1. The summed E-state index contributed by atoms with van der Waals surface area (Å²) in [5, 5.41) is 13.7. The van der Waals surface area contributed by atoms with Crippen LogP contribution in [0.5, 0.6) is 0 Å². The van der Waals surface area contributed by atoms with Gasteiger partial charge in [0.15, 0.2) is 5.82 Å². The lowest BCUT2D eigenvalue weighted by Crippen LogP contribution is -2.32. The predicted octanol–water partition coefficient (Wildman–Crippen LogP) is 1.16. The van der Waals surface area contributed by atoms with E-state index >= 15 is 0 Å². The number of carbonyl (C=O) groups excluding carboxylic acids is 1. The van der Waals surface area contributed by atoms with Crippen molar-refractivity contribution in [3.05, 3.63) is 62.9 Å². The summed E-state index contributed by atoms with van der Waals surface area (Å²) >= 11 is 0. The van der Waals surface area contributed by atoms with Crippen molar-refractivity contribution in [1.82, 2.24) is 24.5 Å². The summed E-state index contributed by atoms with van der Waals surface area (Å²) in [5.74, 6) is 1.45. The van der Waals surface area contributed by atoms with Crippen LogP contribution in [0.1, 0.15) is 25.1 Å². The highest BCUT2D eigenvalue weighted by Crippen LogP contribution is 2.23. The average molecular weight is 380 g/mol. The second-order valence-corrected chi connectivity index (χ2v) is 6.76. The number of aromatic amines is 1. The summed E-state index contributed by atoms with van der Waals surface area (Å²) in [4.78, 5) is 35.1. The van der Waals surface area contributed by atoms with E-state index in [4.69, 9.17) is 0 Å². The Hall–Kier alpha value is -3.49. The number of anilines is 1. The number of hydrogen-bond acceptors (Lipinski definition) is 5.